The predicted molar refractivity (Wildman–Crippen MR) is 108 cm³/mol. The van der Waals surface area contributed by atoms with Gasteiger partial charge < -0.3 is 15.1 Å². The van der Waals surface area contributed by atoms with E-state index in [1.165, 1.54) is 40.1 Å². The van der Waals surface area contributed by atoms with Crippen LogP contribution in [0.15, 0.2) is 42.5 Å². The first-order valence-corrected chi connectivity index (χ1v) is 9.53. The third-order valence-electron chi connectivity index (χ3n) is 5.07. The van der Waals surface area contributed by atoms with Gasteiger partial charge in [0.2, 0.25) is 0 Å². The summed E-state index contributed by atoms with van der Waals surface area (Å²) in [6.45, 7) is 7.83. The molecule has 0 aliphatic carbocycles. The molecule has 0 spiro atoms. The summed E-state index contributed by atoms with van der Waals surface area (Å²) in [5.41, 5.74) is 5.99. The van der Waals surface area contributed by atoms with Crippen LogP contribution in [0.25, 0.3) is 0 Å². The van der Waals surface area contributed by atoms with Gasteiger partial charge in [-0.3, -0.25) is 4.79 Å². The van der Waals surface area contributed by atoms with E-state index in [0.717, 1.165) is 25.3 Å². The topological polar surface area (TPSA) is 36.8 Å². The van der Waals surface area contributed by atoms with Crippen molar-refractivity contribution in [3.63, 3.8) is 0 Å². The van der Waals surface area contributed by atoms with Crippen LogP contribution in [-0.4, -0.2) is 32.6 Å². The molecule has 138 valence electrons. The van der Waals surface area contributed by atoms with E-state index in [9.17, 15) is 4.79 Å². The molecule has 1 amide bonds. The van der Waals surface area contributed by atoms with E-state index < -0.39 is 0 Å². The van der Waals surface area contributed by atoms with Gasteiger partial charge in [-0.25, -0.2) is 0 Å². The molecule has 4 heteroatoms. The normalized spacial score (nSPS) is 15.1. The molecule has 26 heavy (non-hydrogen) atoms. The number of quaternary nitrogens is 1. The van der Waals surface area contributed by atoms with Crippen LogP contribution in [-0.2, 0) is 11.3 Å². The van der Waals surface area contributed by atoms with E-state index in [1.807, 2.05) is 12.1 Å². The fourth-order valence-corrected chi connectivity index (χ4v) is 3.64. The number of nitrogens with zero attached hydrogens (tertiary/aromatic N) is 1. The molecule has 2 aromatic carbocycles. The van der Waals surface area contributed by atoms with Gasteiger partial charge in [0.15, 0.2) is 6.54 Å². The molecule has 1 saturated heterocycles. The van der Waals surface area contributed by atoms with E-state index in [4.69, 9.17) is 0 Å². The Morgan fingerprint density at radius 1 is 1.08 bits per heavy atom. The lowest BCUT2D eigenvalue weighted by Gasteiger charge is -2.18. The Hall–Kier alpha value is -2.33. The zero-order valence-electron chi connectivity index (χ0n) is 16.1. The van der Waals surface area contributed by atoms with Crippen LogP contribution >= 0.6 is 0 Å². The fourth-order valence-electron chi connectivity index (χ4n) is 3.64. The van der Waals surface area contributed by atoms with Gasteiger partial charge in [-0.2, -0.15) is 0 Å². The second-order valence-corrected chi connectivity index (χ2v) is 7.53. The summed E-state index contributed by atoms with van der Waals surface area (Å²) in [6, 6.07) is 14.7. The van der Waals surface area contributed by atoms with E-state index in [-0.39, 0.29) is 5.91 Å². The summed E-state index contributed by atoms with van der Waals surface area (Å²) in [5, 5.41) is 3.02. The van der Waals surface area contributed by atoms with Crippen molar-refractivity contribution in [2.24, 2.45) is 0 Å². The van der Waals surface area contributed by atoms with E-state index in [2.05, 4.69) is 61.4 Å². The van der Waals surface area contributed by atoms with Crippen LogP contribution in [0.1, 0.15) is 29.5 Å². The molecule has 1 unspecified atom stereocenters. The summed E-state index contributed by atoms with van der Waals surface area (Å²) in [4.78, 5) is 15.9. The van der Waals surface area contributed by atoms with Crippen molar-refractivity contribution in [3.8, 4) is 0 Å². The number of anilines is 2. The van der Waals surface area contributed by atoms with Gasteiger partial charge in [0, 0.05) is 30.0 Å². The van der Waals surface area contributed by atoms with Crippen LogP contribution in [0, 0.1) is 13.8 Å². The Kier molecular flexibility index (Phi) is 5.94. The van der Waals surface area contributed by atoms with Crippen molar-refractivity contribution in [3.05, 3.63) is 59.2 Å². The van der Waals surface area contributed by atoms with Gasteiger partial charge in [-0.15, -0.1) is 0 Å². The quantitative estimate of drug-likeness (QED) is 0.838. The maximum Gasteiger partial charge on any atom is 0.279 e. The molecule has 1 fully saturated rings. The number of hydrogen-bond donors (Lipinski definition) is 2. The molecular formula is C22H30N3O+. The van der Waals surface area contributed by atoms with Crippen molar-refractivity contribution >= 4 is 17.3 Å². The maximum absolute atomic E-state index is 12.4. The molecule has 0 bridgehead atoms. The number of rotatable bonds is 6. The minimum Gasteiger partial charge on any atom is -0.372 e. The summed E-state index contributed by atoms with van der Waals surface area (Å²) in [7, 11) is 2.06. The first-order chi connectivity index (χ1) is 12.5. The smallest absolute Gasteiger partial charge is 0.279 e. The second-order valence-electron chi connectivity index (χ2n) is 7.53. The predicted octanol–water partition coefficient (Wildman–Crippen LogP) is 2.56. The molecule has 0 aromatic heterocycles. The molecule has 1 aliphatic rings. The van der Waals surface area contributed by atoms with Crippen LogP contribution in [0.4, 0.5) is 11.4 Å². The van der Waals surface area contributed by atoms with Gasteiger partial charge in [0.1, 0.15) is 6.54 Å². The molecule has 2 aromatic rings. The van der Waals surface area contributed by atoms with Gasteiger partial charge in [-0.05, 0) is 56.5 Å². The van der Waals surface area contributed by atoms with Crippen LogP contribution in [0.2, 0.25) is 0 Å². The molecule has 4 nitrogen and oxygen atoms in total. The highest BCUT2D eigenvalue weighted by atomic mass is 16.2. The zero-order chi connectivity index (χ0) is 18.5. The Labute approximate surface area is 156 Å². The fraction of sp³-hybridized carbons (Fsp3) is 0.409. The number of carbonyl (C=O) groups excluding carboxylic acids is 1. The molecule has 2 N–H and O–H groups in total. The highest BCUT2D eigenvalue weighted by molar-refractivity contribution is 5.91. The van der Waals surface area contributed by atoms with Crippen molar-refractivity contribution < 1.29 is 9.69 Å². The van der Waals surface area contributed by atoms with Gasteiger partial charge in [0.05, 0.1) is 7.05 Å². The Balaban J connectivity index is 1.51. The van der Waals surface area contributed by atoms with E-state index in [1.54, 1.807) is 0 Å². The third-order valence-corrected chi connectivity index (χ3v) is 5.07. The zero-order valence-corrected chi connectivity index (χ0v) is 16.1. The maximum atomic E-state index is 12.4. The molecule has 1 heterocycles. The summed E-state index contributed by atoms with van der Waals surface area (Å²) in [5.74, 6) is 0.0567. The molecular weight excluding hydrogens is 322 g/mol. The number of carbonyl (C=O) groups is 1. The second kappa shape index (κ2) is 8.37. The number of amides is 1. The van der Waals surface area contributed by atoms with Gasteiger partial charge >= 0.3 is 0 Å². The number of hydrogen-bond acceptors (Lipinski definition) is 2. The largest absolute Gasteiger partial charge is 0.372 e. The van der Waals surface area contributed by atoms with Crippen molar-refractivity contribution in [1.82, 2.24) is 0 Å². The third kappa shape index (κ3) is 4.85. The summed E-state index contributed by atoms with van der Waals surface area (Å²) < 4.78 is 0. The van der Waals surface area contributed by atoms with Gasteiger partial charge in [-0.1, -0.05) is 23.8 Å². The molecule has 1 aliphatic heterocycles. The lowest BCUT2D eigenvalue weighted by molar-refractivity contribution is -0.885. The molecule has 0 radical (unpaired) electrons. The van der Waals surface area contributed by atoms with Crippen molar-refractivity contribution in [2.75, 3.05) is 36.9 Å². The first kappa shape index (κ1) is 18.5. The van der Waals surface area contributed by atoms with E-state index in [0.29, 0.717) is 6.54 Å². The minimum absolute atomic E-state index is 0.0567. The average Bonchev–Trinajstić information content (AvgIpc) is 3.12. The highest BCUT2D eigenvalue weighted by Crippen LogP contribution is 2.21. The number of likely N-dealkylation sites (N-methyl/N-ethyl adjacent to an activating group) is 1. The lowest BCUT2D eigenvalue weighted by Crippen LogP contribution is -3.08. The lowest BCUT2D eigenvalue weighted by atomic mass is 10.1. The van der Waals surface area contributed by atoms with E-state index >= 15 is 0 Å². The Morgan fingerprint density at radius 2 is 1.77 bits per heavy atom. The van der Waals surface area contributed by atoms with Crippen LogP contribution in [0.5, 0.6) is 0 Å². The monoisotopic (exact) mass is 352 g/mol. The van der Waals surface area contributed by atoms with Crippen molar-refractivity contribution in [2.45, 2.75) is 33.2 Å². The Bertz CT molecular complexity index is 748. The molecule has 3 rings (SSSR count). The first-order valence-electron chi connectivity index (χ1n) is 9.53. The van der Waals surface area contributed by atoms with Crippen LogP contribution < -0.4 is 15.1 Å². The number of benzene rings is 2. The highest BCUT2D eigenvalue weighted by Gasteiger charge is 2.14. The molecule has 0 saturated carbocycles. The molecule has 1 atom stereocenters. The Morgan fingerprint density at radius 3 is 2.42 bits per heavy atom. The van der Waals surface area contributed by atoms with Crippen molar-refractivity contribution in [1.29, 1.82) is 0 Å². The minimum atomic E-state index is 0.0567. The SMILES string of the molecule is Cc1ccc(C[NH+](C)CC(=O)Nc2ccc(N3CCCC3)cc2)c(C)c1. The van der Waals surface area contributed by atoms with Gasteiger partial charge in [0.25, 0.3) is 5.91 Å². The van der Waals surface area contributed by atoms with Crippen LogP contribution in [0.3, 0.4) is 0 Å². The number of aryl methyl sites for hydroxylation is 2. The number of nitrogens with one attached hydrogen (secondary N) is 2. The standard InChI is InChI=1S/C22H29N3O/c1-17-6-7-19(18(2)14-17)15-24(3)16-22(26)23-20-8-10-21(11-9-20)25-12-4-5-13-25/h6-11,14H,4-5,12-13,15-16H2,1-3H3,(H,23,26)/p+1. The average molecular weight is 353 g/mol. The summed E-state index contributed by atoms with van der Waals surface area (Å²) in [6.07, 6.45) is 2.54. The summed E-state index contributed by atoms with van der Waals surface area (Å²) >= 11 is 0.